The van der Waals surface area contributed by atoms with Crippen molar-refractivity contribution in [2.45, 2.75) is 63.6 Å². The van der Waals surface area contributed by atoms with Gasteiger partial charge in [0.05, 0.1) is 35.7 Å². The number of rotatable bonds is 8. The number of pyridine rings is 1. The number of fused-ring (bicyclic) bond motifs is 1. The first-order chi connectivity index (χ1) is 16.8. The monoisotopic (exact) mass is 476 g/mol. The second-order valence-electron chi connectivity index (χ2n) is 9.59. The van der Waals surface area contributed by atoms with E-state index in [0.717, 1.165) is 42.6 Å². The van der Waals surface area contributed by atoms with Gasteiger partial charge in [-0.25, -0.2) is 10.00 Å². The number of amides is 1. The minimum absolute atomic E-state index is 0.250. The third-order valence-electron chi connectivity index (χ3n) is 6.37. The van der Waals surface area contributed by atoms with E-state index >= 15 is 0 Å². The Bertz CT molecular complexity index is 1240. The van der Waals surface area contributed by atoms with Crippen LogP contribution in [0.25, 0.3) is 5.52 Å². The van der Waals surface area contributed by atoms with Crippen molar-refractivity contribution in [1.29, 1.82) is 5.26 Å². The van der Waals surface area contributed by atoms with Crippen molar-refractivity contribution in [2.24, 2.45) is 5.73 Å². The Kier molecular flexibility index (Phi) is 7.24. The Hall–Kier alpha value is -3.61. The van der Waals surface area contributed by atoms with Gasteiger partial charge in [-0.2, -0.15) is 10.4 Å². The summed E-state index contributed by atoms with van der Waals surface area (Å²) in [7, 11) is 1.52. The summed E-state index contributed by atoms with van der Waals surface area (Å²) >= 11 is 0. The molecule has 0 aliphatic heterocycles. The summed E-state index contributed by atoms with van der Waals surface area (Å²) in [6.07, 6.45) is 5.99. The molecule has 0 saturated heterocycles. The summed E-state index contributed by atoms with van der Waals surface area (Å²) in [6, 6.07) is 13.6. The Morgan fingerprint density at radius 3 is 2.71 bits per heavy atom. The van der Waals surface area contributed by atoms with Crippen molar-refractivity contribution in [3.05, 3.63) is 59.4 Å². The van der Waals surface area contributed by atoms with Gasteiger partial charge in [0.2, 0.25) is 0 Å². The number of nitrogens with one attached hydrogen (secondary N) is 2. The number of nitrogens with two attached hydrogens (primary N) is 1. The lowest BCUT2D eigenvalue weighted by Crippen LogP contribution is -2.38. The molecule has 0 atom stereocenters. The zero-order valence-corrected chi connectivity index (χ0v) is 20.4. The number of ether oxygens (including phenoxy) is 1. The highest BCUT2D eigenvalue weighted by Crippen LogP contribution is 2.29. The number of aromatic nitrogens is 2. The zero-order chi connectivity index (χ0) is 25.0. The maximum Gasteiger partial charge on any atom is 0.278 e. The fourth-order valence-electron chi connectivity index (χ4n) is 4.54. The fourth-order valence-corrected chi connectivity index (χ4v) is 4.54. The van der Waals surface area contributed by atoms with E-state index in [2.05, 4.69) is 22.0 Å². The van der Waals surface area contributed by atoms with Gasteiger partial charge in [-0.05, 0) is 63.8 Å². The molecule has 0 unspecified atom stereocenters. The van der Waals surface area contributed by atoms with Crippen molar-refractivity contribution >= 4 is 17.1 Å². The van der Waals surface area contributed by atoms with Crippen LogP contribution in [0.1, 0.15) is 61.1 Å². The van der Waals surface area contributed by atoms with Crippen LogP contribution in [0.15, 0.2) is 42.6 Å². The van der Waals surface area contributed by atoms with Gasteiger partial charge in [-0.3, -0.25) is 9.63 Å². The predicted molar refractivity (Wildman–Crippen MR) is 133 cm³/mol. The summed E-state index contributed by atoms with van der Waals surface area (Å²) < 4.78 is 7.03. The minimum atomic E-state index is -0.764. The van der Waals surface area contributed by atoms with Crippen molar-refractivity contribution < 1.29 is 14.4 Å². The van der Waals surface area contributed by atoms with Crippen LogP contribution in [0.4, 0.5) is 5.69 Å². The average Bonchev–Trinajstić information content (AvgIpc) is 3.34. The molecule has 4 rings (SSSR count). The topological polar surface area (TPSA) is 127 Å². The molecule has 9 nitrogen and oxygen atoms in total. The number of para-hydroxylation sites is 1. The van der Waals surface area contributed by atoms with Gasteiger partial charge in [0, 0.05) is 24.2 Å². The number of hydrogen-bond acceptors (Lipinski definition) is 7. The Morgan fingerprint density at radius 1 is 1.26 bits per heavy atom. The lowest BCUT2D eigenvalue weighted by atomic mass is 9.91. The maximum atomic E-state index is 12.7. The van der Waals surface area contributed by atoms with Crippen LogP contribution in [-0.2, 0) is 11.3 Å². The number of hydrogen-bond donors (Lipinski definition) is 3. The molecule has 4 N–H and O–H groups in total. The summed E-state index contributed by atoms with van der Waals surface area (Å²) in [5, 5.41) is 17.9. The molecule has 9 heteroatoms. The minimum Gasteiger partial charge on any atom is -0.496 e. The van der Waals surface area contributed by atoms with Crippen LogP contribution in [0.3, 0.4) is 0 Å². The molecule has 3 aromatic rings. The van der Waals surface area contributed by atoms with Crippen LogP contribution >= 0.6 is 0 Å². The van der Waals surface area contributed by atoms with E-state index in [0.29, 0.717) is 23.3 Å². The van der Waals surface area contributed by atoms with E-state index in [4.69, 9.17) is 15.3 Å². The standard InChI is InChI=1S/C26H32N6O3/c1-26(2,35-31-25(33)20-6-4-5-7-24(20)34-3)15-19-14-22(30-18-10-8-17(28)9-11-18)21(16-27)23-12-13-29-32(19)23/h4-7,12-14,17-18,30H,8-11,15,28H2,1-3H3,(H,31,33). The zero-order valence-electron chi connectivity index (χ0n) is 20.4. The Balaban J connectivity index is 1.54. The van der Waals surface area contributed by atoms with Crippen LogP contribution in [0.2, 0.25) is 0 Å². The second kappa shape index (κ2) is 10.3. The summed E-state index contributed by atoms with van der Waals surface area (Å²) in [6.45, 7) is 3.78. The smallest absolute Gasteiger partial charge is 0.278 e. The van der Waals surface area contributed by atoms with Gasteiger partial charge in [0.25, 0.3) is 5.91 Å². The molecule has 1 aromatic carbocycles. The van der Waals surface area contributed by atoms with E-state index in [1.165, 1.54) is 7.11 Å². The molecule has 184 valence electrons. The third-order valence-corrected chi connectivity index (χ3v) is 6.37. The number of carbonyl (C=O) groups excluding carboxylic acids is 1. The van der Waals surface area contributed by atoms with Gasteiger partial charge < -0.3 is 15.8 Å². The molecule has 0 bridgehead atoms. The molecule has 1 fully saturated rings. The number of benzene rings is 1. The van der Waals surface area contributed by atoms with E-state index in [1.807, 2.05) is 26.0 Å². The average molecular weight is 477 g/mol. The molecule has 1 aliphatic rings. The molecule has 2 heterocycles. The number of hydroxylamine groups is 1. The van der Waals surface area contributed by atoms with Crippen molar-refractivity contribution in [2.75, 3.05) is 12.4 Å². The van der Waals surface area contributed by atoms with Gasteiger partial charge in [-0.15, -0.1) is 0 Å². The van der Waals surface area contributed by atoms with Crippen LogP contribution < -0.4 is 21.3 Å². The molecule has 1 aliphatic carbocycles. The lowest BCUT2D eigenvalue weighted by molar-refractivity contribution is -0.0705. The summed E-state index contributed by atoms with van der Waals surface area (Å²) in [4.78, 5) is 18.5. The molecule has 0 spiro atoms. The van der Waals surface area contributed by atoms with E-state index < -0.39 is 11.5 Å². The number of carbonyl (C=O) groups is 1. The maximum absolute atomic E-state index is 12.7. The molecule has 1 saturated carbocycles. The normalized spacial score (nSPS) is 18.1. The molecule has 1 amide bonds. The van der Waals surface area contributed by atoms with E-state index in [-0.39, 0.29) is 12.1 Å². The lowest BCUT2D eigenvalue weighted by Gasteiger charge is -2.29. The highest BCUT2D eigenvalue weighted by atomic mass is 16.7. The Morgan fingerprint density at radius 2 is 2.00 bits per heavy atom. The first-order valence-corrected chi connectivity index (χ1v) is 11.8. The van der Waals surface area contributed by atoms with Crippen LogP contribution in [0, 0.1) is 11.3 Å². The number of nitriles is 1. The SMILES string of the molecule is COc1ccccc1C(=O)NOC(C)(C)Cc1cc(NC2CCC(N)CC2)c(C#N)c2ccnn12. The van der Waals surface area contributed by atoms with E-state index in [9.17, 15) is 10.1 Å². The van der Waals surface area contributed by atoms with Gasteiger partial charge in [-0.1, -0.05) is 12.1 Å². The van der Waals surface area contributed by atoms with Crippen molar-refractivity contribution in [1.82, 2.24) is 15.1 Å². The number of methoxy groups -OCH3 is 1. The quantitative estimate of drug-likeness (QED) is 0.424. The van der Waals surface area contributed by atoms with Gasteiger partial charge >= 0.3 is 0 Å². The summed E-state index contributed by atoms with van der Waals surface area (Å²) in [5.41, 5.74) is 11.2. The highest BCUT2D eigenvalue weighted by Gasteiger charge is 2.26. The molecule has 35 heavy (non-hydrogen) atoms. The fraction of sp³-hybridized carbons (Fsp3) is 0.423. The second-order valence-corrected chi connectivity index (χ2v) is 9.59. The molecule has 2 aromatic heterocycles. The first kappa shape index (κ1) is 24.5. The van der Waals surface area contributed by atoms with E-state index in [1.54, 1.807) is 35.0 Å². The molecular weight excluding hydrogens is 444 g/mol. The number of nitrogens with zero attached hydrogens (tertiary/aromatic N) is 3. The Labute approximate surface area is 205 Å². The first-order valence-electron chi connectivity index (χ1n) is 11.8. The largest absolute Gasteiger partial charge is 0.496 e. The number of anilines is 1. The molecule has 0 radical (unpaired) electrons. The highest BCUT2D eigenvalue weighted by molar-refractivity contribution is 5.96. The van der Waals surface area contributed by atoms with Gasteiger partial charge in [0.15, 0.2) is 0 Å². The van der Waals surface area contributed by atoms with Crippen LogP contribution in [-0.4, -0.2) is 40.3 Å². The van der Waals surface area contributed by atoms with Crippen molar-refractivity contribution in [3.63, 3.8) is 0 Å². The van der Waals surface area contributed by atoms with Gasteiger partial charge in [0.1, 0.15) is 17.4 Å². The summed E-state index contributed by atoms with van der Waals surface area (Å²) in [5.74, 6) is 0.0774. The van der Waals surface area contributed by atoms with Crippen molar-refractivity contribution in [3.8, 4) is 11.8 Å². The predicted octanol–water partition coefficient (Wildman–Crippen LogP) is 3.58. The van der Waals surface area contributed by atoms with Crippen LogP contribution in [0.5, 0.6) is 5.75 Å². The molecular formula is C26H32N6O3. The third kappa shape index (κ3) is 5.56.